The zero-order valence-electron chi connectivity index (χ0n) is 16.6. The summed E-state index contributed by atoms with van der Waals surface area (Å²) in [5.74, 6) is 0.883. The highest BCUT2D eigenvalue weighted by molar-refractivity contribution is 14.0. The first-order valence-corrected chi connectivity index (χ1v) is 10.7. The van der Waals surface area contributed by atoms with Gasteiger partial charge in [0.05, 0.1) is 0 Å². The van der Waals surface area contributed by atoms with Gasteiger partial charge in [0.2, 0.25) is 0 Å². The lowest BCUT2D eigenvalue weighted by molar-refractivity contribution is 0.126. The molecule has 1 aliphatic heterocycles. The monoisotopic (exact) mass is 513 g/mol. The minimum atomic E-state index is 0. The molecule has 154 valence electrons. The Bertz CT molecular complexity index is 669. The van der Waals surface area contributed by atoms with Crippen molar-refractivity contribution in [2.45, 2.75) is 19.5 Å². The molecule has 1 saturated heterocycles. The molecule has 1 aromatic heterocycles. The van der Waals surface area contributed by atoms with Gasteiger partial charge in [-0.3, -0.25) is 9.89 Å². The van der Waals surface area contributed by atoms with Gasteiger partial charge in [0, 0.05) is 52.9 Å². The number of hydrogen-bond acceptors (Lipinski definition) is 4. The highest BCUT2D eigenvalue weighted by Gasteiger charge is 2.16. The molecule has 2 heterocycles. The van der Waals surface area contributed by atoms with Gasteiger partial charge in [0.25, 0.3) is 0 Å². The Morgan fingerprint density at radius 3 is 2.43 bits per heavy atom. The van der Waals surface area contributed by atoms with Crippen molar-refractivity contribution in [2.24, 2.45) is 4.99 Å². The molecule has 5 nitrogen and oxygen atoms in total. The van der Waals surface area contributed by atoms with Crippen LogP contribution in [-0.4, -0.2) is 62.1 Å². The number of nitrogens with zero attached hydrogens (tertiary/aromatic N) is 3. The maximum Gasteiger partial charge on any atom is 0.191 e. The van der Waals surface area contributed by atoms with E-state index in [9.17, 15) is 0 Å². The summed E-state index contributed by atoms with van der Waals surface area (Å²) in [6, 6.07) is 12.9. The predicted octanol–water partition coefficient (Wildman–Crippen LogP) is 3.24. The highest BCUT2D eigenvalue weighted by atomic mass is 127. The average molecular weight is 513 g/mol. The Balaban J connectivity index is 0.00000280. The van der Waals surface area contributed by atoms with E-state index in [0.29, 0.717) is 0 Å². The van der Waals surface area contributed by atoms with Crippen molar-refractivity contribution < 1.29 is 0 Å². The molecular weight excluding hydrogens is 481 g/mol. The summed E-state index contributed by atoms with van der Waals surface area (Å²) in [6.45, 7) is 8.64. The lowest BCUT2D eigenvalue weighted by Crippen LogP contribution is -2.46. The second-order valence-corrected chi connectivity index (χ2v) is 7.72. The molecule has 0 amide bonds. The molecule has 1 aromatic carbocycles. The molecule has 0 atom stereocenters. The van der Waals surface area contributed by atoms with E-state index in [1.165, 1.54) is 11.1 Å². The molecule has 0 saturated carbocycles. The number of guanidine groups is 1. The molecule has 0 aliphatic carbocycles. The number of halogens is 1. The number of hydrogen-bond donors (Lipinski definition) is 2. The van der Waals surface area contributed by atoms with Gasteiger partial charge in [-0.25, -0.2) is 0 Å². The van der Waals surface area contributed by atoms with Crippen LogP contribution in [0.15, 0.2) is 52.2 Å². The summed E-state index contributed by atoms with van der Waals surface area (Å²) < 4.78 is 0. The van der Waals surface area contributed by atoms with Crippen molar-refractivity contribution in [3.63, 3.8) is 0 Å². The summed E-state index contributed by atoms with van der Waals surface area (Å²) >= 11 is 1.73. The van der Waals surface area contributed by atoms with Gasteiger partial charge in [-0.15, -0.1) is 24.0 Å². The Hall–Kier alpha value is -1.16. The molecule has 2 aromatic rings. The number of thiophene rings is 1. The molecule has 0 bridgehead atoms. The Labute approximate surface area is 190 Å². The molecule has 1 fully saturated rings. The molecule has 28 heavy (non-hydrogen) atoms. The maximum atomic E-state index is 4.30. The van der Waals surface area contributed by atoms with Crippen LogP contribution in [0, 0.1) is 0 Å². The van der Waals surface area contributed by atoms with Crippen LogP contribution in [0.3, 0.4) is 0 Å². The van der Waals surface area contributed by atoms with Crippen LogP contribution in [-0.2, 0) is 13.1 Å². The SMILES string of the molecule is CN=C(NCCCN1CCN(Cc2ccccc2)CC1)NCc1ccsc1.I. The summed E-state index contributed by atoms with van der Waals surface area (Å²) in [6.07, 6.45) is 1.14. The van der Waals surface area contributed by atoms with Gasteiger partial charge >= 0.3 is 0 Å². The smallest absolute Gasteiger partial charge is 0.191 e. The van der Waals surface area contributed by atoms with E-state index in [1.807, 2.05) is 7.05 Å². The normalized spacial score (nSPS) is 15.8. The lowest BCUT2D eigenvalue weighted by Gasteiger charge is -2.34. The van der Waals surface area contributed by atoms with Crippen molar-refractivity contribution in [1.82, 2.24) is 20.4 Å². The van der Waals surface area contributed by atoms with Crippen LogP contribution in [0.25, 0.3) is 0 Å². The third-order valence-electron chi connectivity index (χ3n) is 4.92. The second kappa shape index (κ2) is 13.1. The Morgan fingerprint density at radius 2 is 1.75 bits per heavy atom. The maximum absolute atomic E-state index is 4.30. The molecule has 1 aliphatic rings. The summed E-state index contributed by atoms with van der Waals surface area (Å²) in [4.78, 5) is 9.43. The van der Waals surface area contributed by atoms with E-state index in [0.717, 1.165) is 64.7 Å². The fourth-order valence-corrected chi connectivity index (χ4v) is 3.99. The zero-order valence-corrected chi connectivity index (χ0v) is 19.8. The van der Waals surface area contributed by atoms with Gasteiger partial charge in [0.1, 0.15) is 0 Å². The molecular formula is C21H32IN5S. The minimum Gasteiger partial charge on any atom is -0.356 e. The first kappa shape index (κ1) is 23.1. The highest BCUT2D eigenvalue weighted by Crippen LogP contribution is 2.08. The number of rotatable bonds is 8. The van der Waals surface area contributed by atoms with Crippen LogP contribution in [0.1, 0.15) is 17.5 Å². The number of nitrogens with one attached hydrogen (secondary N) is 2. The van der Waals surface area contributed by atoms with E-state index in [1.54, 1.807) is 11.3 Å². The summed E-state index contributed by atoms with van der Waals surface area (Å²) in [5.41, 5.74) is 2.72. The molecule has 7 heteroatoms. The number of piperazine rings is 1. The standard InChI is InChI=1S/C21H31N5S.HI/c1-22-21(24-16-20-8-15-27-18-20)23-9-5-10-25-11-13-26(14-12-25)17-19-6-3-2-4-7-19;/h2-4,6-8,15,18H,5,9-14,16-17H2,1H3,(H2,22,23,24);1H. The minimum absolute atomic E-state index is 0. The van der Waals surface area contributed by atoms with Crippen LogP contribution in [0.2, 0.25) is 0 Å². The van der Waals surface area contributed by atoms with Crippen LogP contribution in [0.4, 0.5) is 0 Å². The van der Waals surface area contributed by atoms with E-state index in [2.05, 4.69) is 72.6 Å². The van der Waals surface area contributed by atoms with Crippen LogP contribution in [0.5, 0.6) is 0 Å². The third-order valence-corrected chi connectivity index (χ3v) is 5.65. The van der Waals surface area contributed by atoms with E-state index >= 15 is 0 Å². The first-order valence-electron chi connectivity index (χ1n) is 9.78. The molecule has 3 rings (SSSR count). The fraction of sp³-hybridized carbons (Fsp3) is 0.476. The first-order chi connectivity index (χ1) is 13.3. The van der Waals surface area contributed by atoms with Gasteiger partial charge in [-0.2, -0.15) is 11.3 Å². The fourth-order valence-electron chi connectivity index (χ4n) is 3.32. The largest absolute Gasteiger partial charge is 0.356 e. The van der Waals surface area contributed by atoms with Crippen molar-refractivity contribution in [3.8, 4) is 0 Å². The summed E-state index contributed by atoms with van der Waals surface area (Å²) in [7, 11) is 1.83. The molecule has 0 unspecified atom stereocenters. The average Bonchev–Trinajstić information content (AvgIpc) is 3.23. The summed E-state index contributed by atoms with van der Waals surface area (Å²) in [5, 5.41) is 11.1. The molecule has 0 spiro atoms. The van der Waals surface area contributed by atoms with Crippen molar-refractivity contribution in [2.75, 3.05) is 46.3 Å². The Kier molecular flexibility index (Phi) is 10.8. The number of aliphatic imine (C=N–C) groups is 1. The van der Waals surface area contributed by atoms with Crippen LogP contribution >= 0.6 is 35.3 Å². The van der Waals surface area contributed by atoms with Crippen molar-refractivity contribution >= 4 is 41.3 Å². The Morgan fingerprint density at radius 1 is 1.00 bits per heavy atom. The molecule has 0 radical (unpaired) electrons. The number of benzene rings is 1. The van der Waals surface area contributed by atoms with Gasteiger partial charge in [-0.05, 0) is 40.9 Å². The quantitative estimate of drug-likeness (QED) is 0.246. The van der Waals surface area contributed by atoms with E-state index < -0.39 is 0 Å². The van der Waals surface area contributed by atoms with Gasteiger partial charge in [0.15, 0.2) is 5.96 Å². The molecule has 2 N–H and O–H groups in total. The van der Waals surface area contributed by atoms with Gasteiger partial charge < -0.3 is 15.5 Å². The predicted molar refractivity (Wildman–Crippen MR) is 131 cm³/mol. The van der Waals surface area contributed by atoms with E-state index in [4.69, 9.17) is 0 Å². The zero-order chi connectivity index (χ0) is 18.7. The van der Waals surface area contributed by atoms with Crippen molar-refractivity contribution in [3.05, 3.63) is 58.3 Å². The topological polar surface area (TPSA) is 42.9 Å². The van der Waals surface area contributed by atoms with Crippen molar-refractivity contribution in [1.29, 1.82) is 0 Å². The second-order valence-electron chi connectivity index (χ2n) is 6.94. The third kappa shape index (κ3) is 8.06. The van der Waals surface area contributed by atoms with Crippen LogP contribution < -0.4 is 10.6 Å². The van der Waals surface area contributed by atoms with E-state index in [-0.39, 0.29) is 24.0 Å². The lowest BCUT2D eigenvalue weighted by atomic mass is 10.2. The van der Waals surface area contributed by atoms with Gasteiger partial charge in [-0.1, -0.05) is 30.3 Å².